The molecule has 0 saturated carbocycles. The molecule has 1 fully saturated rings. The molecule has 176 valence electrons. The SMILES string of the molecule is Cc1ncsc1-c1ccc([C@H](C)NC(=O)[C@@H]2C[C@@H](O)CN2C(=O)C(N=[N+]=[N-])C(C)(C)C)cc1. The summed E-state index contributed by atoms with van der Waals surface area (Å²) in [6.07, 6.45) is -0.672. The van der Waals surface area contributed by atoms with Gasteiger partial charge >= 0.3 is 0 Å². The molecule has 4 atom stereocenters. The van der Waals surface area contributed by atoms with Gasteiger partial charge in [-0.3, -0.25) is 9.59 Å². The molecule has 33 heavy (non-hydrogen) atoms. The Kier molecular flexibility index (Phi) is 7.41. The smallest absolute Gasteiger partial charge is 0.243 e. The number of aryl methyl sites for hydroxylation is 1. The number of likely N-dealkylation sites (tertiary alicyclic amines) is 1. The van der Waals surface area contributed by atoms with Gasteiger partial charge in [0.05, 0.1) is 28.2 Å². The summed E-state index contributed by atoms with van der Waals surface area (Å²) in [4.78, 5) is 35.8. The Morgan fingerprint density at radius 3 is 2.55 bits per heavy atom. The molecule has 2 aromatic rings. The van der Waals surface area contributed by atoms with E-state index in [1.54, 1.807) is 32.1 Å². The van der Waals surface area contributed by atoms with Crippen LogP contribution in [0.15, 0.2) is 34.9 Å². The fourth-order valence-corrected chi connectivity index (χ4v) is 4.81. The molecular weight excluding hydrogens is 440 g/mol. The normalized spacial score (nSPS) is 20.1. The lowest BCUT2D eigenvalue weighted by molar-refractivity contribution is -0.141. The Bertz CT molecular complexity index is 1050. The van der Waals surface area contributed by atoms with E-state index in [1.165, 1.54) is 4.90 Å². The fourth-order valence-electron chi connectivity index (χ4n) is 4.00. The van der Waals surface area contributed by atoms with Crippen molar-refractivity contribution in [2.45, 2.75) is 65.3 Å². The third-order valence-electron chi connectivity index (χ3n) is 5.86. The first-order chi connectivity index (χ1) is 15.5. The van der Waals surface area contributed by atoms with Crippen LogP contribution in [0, 0.1) is 12.3 Å². The summed E-state index contributed by atoms with van der Waals surface area (Å²) >= 11 is 1.58. The minimum Gasteiger partial charge on any atom is -0.391 e. The summed E-state index contributed by atoms with van der Waals surface area (Å²) in [5.41, 5.74) is 13.1. The number of rotatable bonds is 6. The molecular formula is C23H30N6O3S. The number of nitrogens with zero attached hydrogens (tertiary/aromatic N) is 5. The third-order valence-corrected chi connectivity index (χ3v) is 6.84. The Morgan fingerprint density at radius 2 is 2.00 bits per heavy atom. The van der Waals surface area contributed by atoms with E-state index in [2.05, 4.69) is 20.3 Å². The number of aliphatic hydroxyl groups is 1. The van der Waals surface area contributed by atoms with E-state index in [4.69, 9.17) is 5.53 Å². The lowest BCUT2D eigenvalue weighted by atomic mass is 9.86. The van der Waals surface area contributed by atoms with E-state index in [0.29, 0.717) is 0 Å². The van der Waals surface area contributed by atoms with Crippen molar-refractivity contribution >= 4 is 23.2 Å². The van der Waals surface area contributed by atoms with Crippen molar-refractivity contribution in [2.75, 3.05) is 6.54 Å². The van der Waals surface area contributed by atoms with Gasteiger partial charge in [-0.25, -0.2) is 4.98 Å². The van der Waals surface area contributed by atoms with Crippen LogP contribution in [-0.4, -0.2) is 51.5 Å². The molecule has 3 rings (SSSR count). The quantitative estimate of drug-likeness (QED) is 0.375. The maximum Gasteiger partial charge on any atom is 0.243 e. The number of azide groups is 1. The van der Waals surface area contributed by atoms with Gasteiger partial charge in [-0.15, -0.1) is 11.3 Å². The van der Waals surface area contributed by atoms with E-state index < -0.39 is 29.5 Å². The summed E-state index contributed by atoms with van der Waals surface area (Å²) in [5.74, 6) is -0.794. The van der Waals surface area contributed by atoms with Crippen molar-refractivity contribution in [1.82, 2.24) is 15.2 Å². The monoisotopic (exact) mass is 470 g/mol. The van der Waals surface area contributed by atoms with Gasteiger partial charge in [0.1, 0.15) is 12.1 Å². The Balaban J connectivity index is 1.73. The van der Waals surface area contributed by atoms with Crippen LogP contribution in [0.25, 0.3) is 20.9 Å². The van der Waals surface area contributed by atoms with Crippen molar-refractivity contribution in [3.8, 4) is 10.4 Å². The average molecular weight is 471 g/mol. The highest BCUT2D eigenvalue weighted by Gasteiger charge is 2.43. The number of β-amino-alcohol motifs (C(OH)–C–C–N with tert-alkyl or cyclic N) is 1. The molecule has 1 unspecified atom stereocenters. The van der Waals surface area contributed by atoms with Gasteiger partial charge in [0.2, 0.25) is 11.8 Å². The third kappa shape index (κ3) is 5.52. The first-order valence-corrected chi connectivity index (χ1v) is 11.7. The van der Waals surface area contributed by atoms with Crippen LogP contribution in [0.2, 0.25) is 0 Å². The topological polar surface area (TPSA) is 131 Å². The molecule has 0 radical (unpaired) electrons. The van der Waals surface area contributed by atoms with E-state index >= 15 is 0 Å². The Morgan fingerprint density at radius 1 is 1.33 bits per heavy atom. The largest absolute Gasteiger partial charge is 0.391 e. The molecule has 2 heterocycles. The molecule has 2 amide bonds. The van der Waals surface area contributed by atoms with Crippen LogP contribution < -0.4 is 5.32 Å². The lowest BCUT2D eigenvalue weighted by Gasteiger charge is -2.32. The number of carbonyl (C=O) groups excluding carboxylic acids is 2. The number of aromatic nitrogens is 1. The molecule has 1 aliphatic heterocycles. The maximum absolute atomic E-state index is 13.1. The highest BCUT2D eigenvalue weighted by atomic mass is 32.1. The summed E-state index contributed by atoms with van der Waals surface area (Å²) < 4.78 is 0. The highest BCUT2D eigenvalue weighted by molar-refractivity contribution is 7.13. The molecule has 1 saturated heterocycles. The fraction of sp³-hybridized carbons (Fsp3) is 0.522. The number of carbonyl (C=O) groups is 2. The molecule has 0 bridgehead atoms. The van der Waals surface area contributed by atoms with E-state index in [-0.39, 0.29) is 24.9 Å². The van der Waals surface area contributed by atoms with Crippen LogP contribution in [-0.2, 0) is 9.59 Å². The average Bonchev–Trinajstić information content (AvgIpc) is 3.36. The number of benzene rings is 1. The number of hydrogen-bond donors (Lipinski definition) is 2. The van der Waals surface area contributed by atoms with Crippen LogP contribution in [0.4, 0.5) is 0 Å². The molecule has 1 aromatic heterocycles. The standard InChI is InChI=1S/C23H30N6O3S/c1-13(15-6-8-16(9-7-15)19-14(2)25-12-33-19)26-21(31)18-10-17(30)11-29(18)22(32)20(27-28-24)23(3,4)5/h6-9,12-13,17-18,20,30H,10-11H2,1-5H3,(H,26,31)/t13-,17+,18-,20?/m0/s1. The second kappa shape index (κ2) is 9.91. The van der Waals surface area contributed by atoms with Gasteiger partial charge in [-0.2, -0.15) is 0 Å². The van der Waals surface area contributed by atoms with Gasteiger partial charge in [-0.1, -0.05) is 50.2 Å². The molecule has 9 nitrogen and oxygen atoms in total. The second-order valence-corrected chi connectivity index (χ2v) is 10.3. The lowest BCUT2D eigenvalue weighted by Crippen LogP contribution is -2.51. The Hall–Kier alpha value is -2.94. The Labute approximate surface area is 197 Å². The number of aliphatic hydroxyl groups excluding tert-OH is 1. The van der Waals surface area contributed by atoms with Crippen molar-refractivity contribution in [3.63, 3.8) is 0 Å². The predicted octanol–water partition coefficient (Wildman–Crippen LogP) is 3.98. The van der Waals surface area contributed by atoms with Crippen molar-refractivity contribution < 1.29 is 14.7 Å². The minimum absolute atomic E-state index is 0.0295. The molecule has 0 aliphatic carbocycles. The zero-order valence-corrected chi connectivity index (χ0v) is 20.3. The minimum atomic E-state index is -0.969. The molecule has 10 heteroatoms. The van der Waals surface area contributed by atoms with Gasteiger partial charge < -0.3 is 15.3 Å². The van der Waals surface area contributed by atoms with Crippen LogP contribution >= 0.6 is 11.3 Å². The summed E-state index contributed by atoms with van der Waals surface area (Å²) in [7, 11) is 0. The summed E-state index contributed by atoms with van der Waals surface area (Å²) in [5, 5.41) is 16.8. The van der Waals surface area contributed by atoms with Crippen LogP contribution in [0.1, 0.15) is 51.4 Å². The number of hydrogen-bond acceptors (Lipinski definition) is 6. The molecule has 0 spiro atoms. The van der Waals surface area contributed by atoms with Crippen molar-refractivity contribution in [1.29, 1.82) is 0 Å². The van der Waals surface area contributed by atoms with E-state index in [9.17, 15) is 14.7 Å². The highest BCUT2D eigenvalue weighted by Crippen LogP contribution is 2.30. The molecule has 1 aromatic carbocycles. The van der Waals surface area contributed by atoms with Crippen LogP contribution in [0.3, 0.4) is 0 Å². The predicted molar refractivity (Wildman–Crippen MR) is 127 cm³/mol. The number of amides is 2. The zero-order valence-electron chi connectivity index (χ0n) is 19.5. The van der Waals surface area contributed by atoms with Gasteiger partial charge in [0.15, 0.2) is 0 Å². The first kappa shape index (κ1) is 24.7. The van der Waals surface area contributed by atoms with E-state index in [0.717, 1.165) is 21.7 Å². The maximum atomic E-state index is 13.1. The second-order valence-electron chi connectivity index (χ2n) is 9.49. The van der Waals surface area contributed by atoms with E-state index in [1.807, 2.05) is 43.6 Å². The van der Waals surface area contributed by atoms with Gasteiger partial charge in [-0.05, 0) is 35.9 Å². The van der Waals surface area contributed by atoms with Crippen LogP contribution in [0.5, 0.6) is 0 Å². The first-order valence-electron chi connectivity index (χ1n) is 10.9. The van der Waals surface area contributed by atoms with Crippen molar-refractivity contribution in [2.24, 2.45) is 10.5 Å². The summed E-state index contributed by atoms with van der Waals surface area (Å²) in [6, 6.07) is 5.84. The van der Waals surface area contributed by atoms with Crippen molar-refractivity contribution in [3.05, 3.63) is 51.5 Å². The molecule has 1 aliphatic rings. The zero-order chi connectivity index (χ0) is 24.3. The number of thiazole rings is 1. The number of nitrogens with one attached hydrogen (secondary N) is 1. The summed E-state index contributed by atoms with van der Waals surface area (Å²) in [6.45, 7) is 9.27. The van der Waals surface area contributed by atoms with Gasteiger partial charge in [0.25, 0.3) is 0 Å². The van der Waals surface area contributed by atoms with Gasteiger partial charge in [0, 0.05) is 17.9 Å². The molecule has 2 N–H and O–H groups in total.